The van der Waals surface area contributed by atoms with E-state index in [0.29, 0.717) is 18.7 Å². The minimum Gasteiger partial charge on any atom is -0.363 e. The Kier molecular flexibility index (Phi) is 7.67. The molecule has 0 atom stereocenters. The highest BCUT2D eigenvalue weighted by Gasteiger charge is 2.12. The smallest absolute Gasteiger partial charge is 0.134 e. The fraction of sp³-hybridized carbons (Fsp3) is 0.0606. The molecule has 0 spiro atoms. The van der Waals surface area contributed by atoms with Gasteiger partial charge in [0.25, 0.3) is 0 Å². The molecule has 0 N–H and O–H groups in total. The van der Waals surface area contributed by atoms with Crippen molar-refractivity contribution in [3.8, 4) is 0 Å². The average molecular weight is 486 g/mol. The van der Waals surface area contributed by atoms with Gasteiger partial charge in [0.1, 0.15) is 5.82 Å². The molecule has 0 aliphatic carbocycles. The molecule has 4 heteroatoms. The molecule has 0 aliphatic heterocycles. The van der Waals surface area contributed by atoms with E-state index in [9.17, 15) is 0 Å². The second-order valence-electron chi connectivity index (χ2n) is 8.76. The van der Waals surface area contributed by atoms with Crippen molar-refractivity contribution in [1.82, 2.24) is 0 Å². The summed E-state index contributed by atoms with van der Waals surface area (Å²) < 4.78 is 15.4. The second-order valence-corrected chi connectivity index (χ2v) is 8.76. The Hall–Kier alpha value is -4.70. The van der Waals surface area contributed by atoms with Crippen molar-refractivity contribution < 1.29 is 4.39 Å². The summed E-state index contributed by atoms with van der Waals surface area (Å²) >= 11 is 0. The fourth-order valence-electron chi connectivity index (χ4n) is 4.20. The van der Waals surface area contributed by atoms with Crippen LogP contribution in [-0.2, 0) is 13.1 Å². The topological polar surface area (TPSA) is 18.8 Å². The van der Waals surface area contributed by atoms with Gasteiger partial charge in [-0.3, -0.25) is 0 Å². The van der Waals surface area contributed by atoms with E-state index >= 15 is 4.39 Å². The monoisotopic (exact) mass is 485 g/mol. The van der Waals surface area contributed by atoms with Crippen molar-refractivity contribution in [1.29, 1.82) is 0 Å². The standard InChI is InChI=1S/C33H28FN3/c34-33-23-32(36(25-27-13-5-1-6-14-27)26-28-15-7-2-8-16-28)22-21-29(33)24-35-37(30-17-9-3-10-18-30)31-19-11-4-12-20-31/h1-24H,25-26H2. The molecule has 0 saturated heterocycles. The van der Waals surface area contributed by atoms with Crippen LogP contribution in [0.5, 0.6) is 0 Å². The quantitative estimate of drug-likeness (QED) is 0.155. The van der Waals surface area contributed by atoms with E-state index in [2.05, 4.69) is 34.3 Å². The van der Waals surface area contributed by atoms with Crippen molar-refractivity contribution in [3.05, 3.63) is 162 Å². The minimum absolute atomic E-state index is 0.312. The normalized spacial score (nSPS) is 10.9. The second kappa shape index (κ2) is 11.8. The fourth-order valence-corrected chi connectivity index (χ4v) is 4.20. The third-order valence-electron chi connectivity index (χ3n) is 6.10. The van der Waals surface area contributed by atoms with Crippen LogP contribution in [0.3, 0.4) is 0 Å². The van der Waals surface area contributed by atoms with Crippen LogP contribution in [0.15, 0.2) is 145 Å². The minimum atomic E-state index is -0.312. The largest absolute Gasteiger partial charge is 0.363 e. The van der Waals surface area contributed by atoms with Crippen molar-refractivity contribution in [3.63, 3.8) is 0 Å². The molecular formula is C33H28FN3. The van der Waals surface area contributed by atoms with E-state index in [1.807, 2.05) is 108 Å². The first-order valence-electron chi connectivity index (χ1n) is 12.3. The zero-order valence-electron chi connectivity index (χ0n) is 20.5. The molecule has 0 bridgehead atoms. The van der Waals surface area contributed by atoms with Gasteiger partial charge < -0.3 is 4.90 Å². The zero-order valence-corrected chi connectivity index (χ0v) is 20.5. The molecular weight excluding hydrogens is 457 g/mol. The van der Waals surface area contributed by atoms with Gasteiger partial charge in [-0.1, -0.05) is 97.1 Å². The van der Waals surface area contributed by atoms with Gasteiger partial charge in [-0.25, -0.2) is 9.40 Å². The van der Waals surface area contributed by atoms with E-state index in [-0.39, 0.29) is 5.82 Å². The Labute approximate surface area is 217 Å². The Morgan fingerprint density at radius 2 is 1.00 bits per heavy atom. The molecule has 0 heterocycles. The van der Waals surface area contributed by atoms with Crippen LogP contribution >= 0.6 is 0 Å². The van der Waals surface area contributed by atoms with E-state index in [0.717, 1.165) is 17.1 Å². The molecule has 0 unspecified atom stereocenters. The molecule has 0 saturated carbocycles. The van der Waals surface area contributed by atoms with Gasteiger partial charge in [0, 0.05) is 24.3 Å². The van der Waals surface area contributed by atoms with Crippen molar-refractivity contribution >= 4 is 23.3 Å². The van der Waals surface area contributed by atoms with Crippen molar-refractivity contribution in [2.24, 2.45) is 5.10 Å². The molecule has 5 rings (SSSR count). The van der Waals surface area contributed by atoms with Gasteiger partial charge in [0.15, 0.2) is 0 Å². The molecule has 5 aromatic rings. The summed E-state index contributed by atoms with van der Waals surface area (Å²) in [6, 6.07) is 45.6. The molecule has 0 aromatic heterocycles. The number of hydrazone groups is 1. The molecule has 3 nitrogen and oxygen atoms in total. The first kappa shape index (κ1) is 24.0. The van der Waals surface area contributed by atoms with Crippen LogP contribution in [-0.4, -0.2) is 6.21 Å². The van der Waals surface area contributed by atoms with Crippen molar-refractivity contribution in [2.45, 2.75) is 13.1 Å². The number of benzene rings is 5. The molecule has 0 radical (unpaired) electrons. The van der Waals surface area contributed by atoms with Gasteiger partial charge in [-0.15, -0.1) is 0 Å². The molecule has 0 amide bonds. The first-order valence-corrected chi connectivity index (χ1v) is 12.3. The molecule has 0 aliphatic rings. The highest BCUT2D eigenvalue weighted by atomic mass is 19.1. The summed E-state index contributed by atoms with van der Waals surface area (Å²) in [5.74, 6) is -0.312. The summed E-state index contributed by atoms with van der Waals surface area (Å²) in [6.45, 7) is 1.36. The number of para-hydroxylation sites is 2. The van der Waals surface area contributed by atoms with E-state index in [4.69, 9.17) is 0 Å². The maximum atomic E-state index is 15.4. The molecule has 0 fully saturated rings. The maximum absolute atomic E-state index is 15.4. The predicted molar refractivity (Wildman–Crippen MR) is 152 cm³/mol. The number of halogens is 1. The summed E-state index contributed by atoms with van der Waals surface area (Å²) in [5.41, 5.74) is 5.40. The third kappa shape index (κ3) is 6.30. The highest BCUT2D eigenvalue weighted by molar-refractivity contribution is 5.83. The van der Waals surface area contributed by atoms with E-state index in [1.165, 1.54) is 11.1 Å². The van der Waals surface area contributed by atoms with Gasteiger partial charge in [0.05, 0.1) is 17.6 Å². The lowest BCUT2D eigenvalue weighted by molar-refractivity contribution is 0.624. The lowest BCUT2D eigenvalue weighted by Crippen LogP contribution is -2.22. The lowest BCUT2D eigenvalue weighted by Gasteiger charge is -2.25. The predicted octanol–water partition coefficient (Wildman–Crippen LogP) is 8.20. The number of anilines is 3. The molecule has 37 heavy (non-hydrogen) atoms. The van der Waals surface area contributed by atoms with Gasteiger partial charge >= 0.3 is 0 Å². The van der Waals surface area contributed by atoms with Crippen LogP contribution in [0, 0.1) is 5.82 Å². The Morgan fingerprint density at radius 3 is 1.46 bits per heavy atom. The third-order valence-corrected chi connectivity index (χ3v) is 6.10. The Morgan fingerprint density at radius 1 is 0.541 bits per heavy atom. The summed E-state index contributed by atoms with van der Waals surface area (Å²) in [4.78, 5) is 2.19. The average Bonchev–Trinajstić information content (AvgIpc) is 2.96. The SMILES string of the molecule is Fc1cc(N(Cc2ccccc2)Cc2ccccc2)ccc1C=NN(c1ccccc1)c1ccccc1. The number of nitrogens with zero attached hydrogens (tertiary/aromatic N) is 3. The maximum Gasteiger partial charge on any atom is 0.134 e. The van der Waals surface area contributed by atoms with Crippen LogP contribution in [0.25, 0.3) is 0 Å². The van der Waals surface area contributed by atoms with Gasteiger partial charge in [-0.2, -0.15) is 5.10 Å². The Bertz CT molecular complexity index is 1340. The Balaban J connectivity index is 1.42. The molecule has 5 aromatic carbocycles. The number of hydrogen-bond acceptors (Lipinski definition) is 3. The lowest BCUT2D eigenvalue weighted by atomic mass is 10.1. The summed E-state index contributed by atoms with van der Waals surface area (Å²) in [7, 11) is 0. The van der Waals surface area contributed by atoms with Gasteiger partial charge in [0.2, 0.25) is 0 Å². The van der Waals surface area contributed by atoms with Crippen LogP contribution in [0.2, 0.25) is 0 Å². The number of rotatable bonds is 9. The first-order chi connectivity index (χ1) is 18.3. The van der Waals surface area contributed by atoms with Crippen LogP contribution in [0.1, 0.15) is 16.7 Å². The zero-order chi connectivity index (χ0) is 25.3. The van der Waals surface area contributed by atoms with Crippen molar-refractivity contribution in [2.75, 3.05) is 9.91 Å². The van der Waals surface area contributed by atoms with E-state index < -0.39 is 0 Å². The summed E-state index contributed by atoms with van der Waals surface area (Å²) in [6.07, 6.45) is 1.58. The number of hydrogen-bond donors (Lipinski definition) is 0. The van der Waals surface area contributed by atoms with E-state index in [1.54, 1.807) is 18.3 Å². The van der Waals surface area contributed by atoms with Gasteiger partial charge in [-0.05, 0) is 53.6 Å². The summed E-state index contributed by atoms with van der Waals surface area (Å²) in [5, 5.41) is 6.47. The van der Waals surface area contributed by atoms with Crippen LogP contribution in [0.4, 0.5) is 21.5 Å². The van der Waals surface area contributed by atoms with Crippen LogP contribution < -0.4 is 9.91 Å². The molecule has 182 valence electrons. The highest BCUT2D eigenvalue weighted by Crippen LogP contribution is 2.26.